The number of benzene rings is 1. The SMILES string of the molecule is CCN(C(=O)c1ncccc1O)c1ccccc1F. The number of anilines is 1. The number of rotatable bonds is 3. The van der Waals surface area contributed by atoms with Gasteiger partial charge in [-0.15, -0.1) is 0 Å². The number of para-hydroxylation sites is 1. The Balaban J connectivity index is 2.41. The van der Waals surface area contributed by atoms with Crippen molar-refractivity contribution in [3.8, 4) is 5.75 Å². The molecule has 4 nitrogen and oxygen atoms in total. The Labute approximate surface area is 110 Å². The zero-order chi connectivity index (χ0) is 13.8. The highest BCUT2D eigenvalue weighted by atomic mass is 19.1. The van der Waals surface area contributed by atoms with Gasteiger partial charge in [0.05, 0.1) is 5.69 Å². The van der Waals surface area contributed by atoms with Crippen molar-refractivity contribution in [2.75, 3.05) is 11.4 Å². The van der Waals surface area contributed by atoms with Gasteiger partial charge in [-0.1, -0.05) is 12.1 Å². The predicted molar refractivity (Wildman–Crippen MR) is 69.7 cm³/mol. The van der Waals surface area contributed by atoms with Crippen LogP contribution in [-0.4, -0.2) is 22.5 Å². The molecule has 0 aliphatic rings. The maximum Gasteiger partial charge on any atom is 0.280 e. The number of halogens is 1. The van der Waals surface area contributed by atoms with Crippen LogP contribution in [0.3, 0.4) is 0 Å². The molecule has 1 aromatic carbocycles. The minimum atomic E-state index is -0.536. The molecule has 0 aliphatic carbocycles. The standard InChI is InChI=1S/C14H13FN2O2/c1-2-17(11-7-4-3-6-10(11)15)14(19)13-12(18)8-5-9-16-13/h3-9,18H,2H2,1H3. The third-order valence-corrected chi connectivity index (χ3v) is 2.69. The van der Waals surface area contributed by atoms with Gasteiger partial charge < -0.3 is 10.0 Å². The molecule has 1 amide bonds. The average molecular weight is 260 g/mol. The highest BCUT2D eigenvalue weighted by Gasteiger charge is 2.22. The first-order chi connectivity index (χ1) is 9.15. The molecule has 0 spiro atoms. The number of pyridine rings is 1. The second-order valence-corrected chi connectivity index (χ2v) is 3.87. The second kappa shape index (κ2) is 5.48. The number of aromatic nitrogens is 1. The number of hydrogen-bond acceptors (Lipinski definition) is 3. The lowest BCUT2D eigenvalue weighted by Crippen LogP contribution is -2.32. The molecule has 0 bridgehead atoms. The Morgan fingerprint density at radius 2 is 2.05 bits per heavy atom. The largest absolute Gasteiger partial charge is 0.505 e. The molecule has 5 heteroatoms. The van der Waals surface area contributed by atoms with E-state index in [-0.39, 0.29) is 23.7 Å². The van der Waals surface area contributed by atoms with E-state index in [1.807, 2.05) is 0 Å². The Kier molecular flexibility index (Phi) is 3.75. The molecule has 1 N–H and O–H groups in total. The lowest BCUT2D eigenvalue weighted by Gasteiger charge is -2.21. The van der Waals surface area contributed by atoms with E-state index in [0.29, 0.717) is 0 Å². The monoisotopic (exact) mass is 260 g/mol. The third-order valence-electron chi connectivity index (χ3n) is 2.69. The van der Waals surface area contributed by atoms with E-state index in [9.17, 15) is 14.3 Å². The summed E-state index contributed by atoms with van der Waals surface area (Å²) in [6.45, 7) is 2.00. The van der Waals surface area contributed by atoms with Crippen LogP contribution in [0.5, 0.6) is 5.75 Å². The van der Waals surface area contributed by atoms with E-state index < -0.39 is 11.7 Å². The first-order valence-electron chi connectivity index (χ1n) is 5.85. The van der Waals surface area contributed by atoms with E-state index in [4.69, 9.17) is 0 Å². The Hall–Kier alpha value is -2.43. The number of amides is 1. The van der Waals surface area contributed by atoms with Crippen LogP contribution in [0.25, 0.3) is 0 Å². The third kappa shape index (κ3) is 2.54. The molecule has 0 saturated heterocycles. The van der Waals surface area contributed by atoms with Gasteiger partial charge in [0.15, 0.2) is 5.69 Å². The van der Waals surface area contributed by atoms with Crippen molar-refractivity contribution in [2.45, 2.75) is 6.92 Å². The summed E-state index contributed by atoms with van der Waals surface area (Å²) < 4.78 is 13.7. The molecule has 1 heterocycles. The van der Waals surface area contributed by atoms with Crippen molar-refractivity contribution in [1.29, 1.82) is 0 Å². The molecule has 98 valence electrons. The van der Waals surface area contributed by atoms with Crippen LogP contribution in [0.1, 0.15) is 17.4 Å². The molecule has 19 heavy (non-hydrogen) atoms. The fourth-order valence-corrected chi connectivity index (χ4v) is 1.78. The quantitative estimate of drug-likeness (QED) is 0.922. The van der Waals surface area contributed by atoms with Gasteiger partial charge in [0.1, 0.15) is 11.6 Å². The van der Waals surface area contributed by atoms with Gasteiger partial charge in [-0.05, 0) is 31.2 Å². The first kappa shape index (κ1) is 13.0. The van der Waals surface area contributed by atoms with Crippen LogP contribution in [0, 0.1) is 5.82 Å². The van der Waals surface area contributed by atoms with E-state index in [1.165, 1.54) is 35.4 Å². The average Bonchev–Trinajstić information content (AvgIpc) is 2.42. The molecule has 2 rings (SSSR count). The van der Waals surface area contributed by atoms with Crippen molar-refractivity contribution < 1.29 is 14.3 Å². The number of nitrogens with zero attached hydrogens (tertiary/aromatic N) is 2. The van der Waals surface area contributed by atoms with E-state index in [1.54, 1.807) is 19.1 Å². The van der Waals surface area contributed by atoms with E-state index in [2.05, 4.69) is 4.98 Å². The molecular weight excluding hydrogens is 247 g/mol. The Bertz CT molecular complexity index is 602. The molecular formula is C14H13FN2O2. The minimum absolute atomic E-state index is 0.0902. The van der Waals surface area contributed by atoms with Gasteiger partial charge in [-0.2, -0.15) is 0 Å². The van der Waals surface area contributed by atoms with Crippen molar-refractivity contribution in [3.05, 3.63) is 54.1 Å². The summed E-state index contributed by atoms with van der Waals surface area (Å²) in [5.74, 6) is -1.25. The number of carbonyl (C=O) groups excluding carboxylic acids is 1. The zero-order valence-corrected chi connectivity index (χ0v) is 10.4. The molecule has 0 radical (unpaired) electrons. The number of carbonyl (C=O) groups is 1. The topological polar surface area (TPSA) is 53.4 Å². The summed E-state index contributed by atoms with van der Waals surface area (Å²) in [6.07, 6.45) is 1.40. The van der Waals surface area contributed by atoms with Gasteiger partial charge in [-0.3, -0.25) is 4.79 Å². The molecule has 0 saturated carbocycles. The molecule has 0 aliphatic heterocycles. The molecule has 0 fully saturated rings. The Morgan fingerprint density at radius 3 is 2.68 bits per heavy atom. The first-order valence-corrected chi connectivity index (χ1v) is 5.85. The van der Waals surface area contributed by atoms with Crippen molar-refractivity contribution in [1.82, 2.24) is 4.98 Å². The minimum Gasteiger partial charge on any atom is -0.505 e. The molecule has 2 aromatic rings. The molecule has 0 atom stereocenters. The Morgan fingerprint density at radius 1 is 1.32 bits per heavy atom. The van der Waals surface area contributed by atoms with E-state index in [0.717, 1.165) is 0 Å². The van der Waals surface area contributed by atoms with E-state index >= 15 is 0 Å². The maximum absolute atomic E-state index is 13.7. The summed E-state index contributed by atoms with van der Waals surface area (Å²) in [5, 5.41) is 9.64. The normalized spacial score (nSPS) is 10.2. The molecule has 0 unspecified atom stereocenters. The lowest BCUT2D eigenvalue weighted by atomic mass is 10.2. The lowest BCUT2D eigenvalue weighted by molar-refractivity contribution is 0.0980. The fraction of sp³-hybridized carbons (Fsp3) is 0.143. The van der Waals surface area contributed by atoms with Crippen molar-refractivity contribution in [3.63, 3.8) is 0 Å². The number of hydrogen-bond donors (Lipinski definition) is 1. The zero-order valence-electron chi connectivity index (χ0n) is 10.4. The fourth-order valence-electron chi connectivity index (χ4n) is 1.78. The predicted octanol–water partition coefficient (Wildman–Crippen LogP) is 2.59. The van der Waals surface area contributed by atoms with Crippen LogP contribution in [0.2, 0.25) is 0 Å². The summed E-state index contributed by atoms with van der Waals surface area (Å²) in [6, 6.07) is 8.88. The summed E-state index contributed by atoms with van der Waals surface area (Å²) in [5.41, 5.74) is 0.0765. The number of aromatic hydroxyl groups is 1. The smallest absolute Gasteiger partial charge is 0.280 e. The van der Waals surface area contributed by atoms with Gasteiger partial charge in [0.2, 0.25) is 0 Å². The van der Waals surface area contributed by atoms with Gasteiger partial charge >= 0.3 is 0 Å². The van der Waals surface area contributed by atoms with Crippen molar-refractivity contribution >= 4 is 11.6 Å². The summed E-state index contributed by atoms with van der Waals surface area (Å²) in [4.78, 5) is 17.4. The van der Waals surface area contributed by atoms with Crippen LogP contribution in [0.4, 0.5) is 10.1 Å². The summed E-state index contributed by atoms with van der Waals surface area (Å²) in [7, 11) is 0. The highest BCUT2D eigenvalue weighted by Crippen LogP contribution is 2.22. The highest BCUT2D eigenvalue weighted by molar-refractivity contribution is 6.06. The van der Waals surface area contributed by atoms with Crippen LogP contribution in [0.15, 0.2) is 42.6 Å². The maximum atomic E-state index is 13.7. The molecule has 1 aromatic heterocycles. The van der Waals surface area contributed by atoms with Gasteiger partial charge in [0.25, 0.3) is 5.91 Å². The van der Waals surface area contributed by atoms with Gasteiger partial charge in [-0.25, -0.2) is 9.37 Å². The van der Waals surface area contributed by atoms with Crippen LogP contribution >= 0.6 is 0 Å². The van der Waals surface area contributed by atoms with Crippen LogP contribution in [-0.2, 0) is 0 Å². The van der Waals surface area contributed by atoms with Crippen LogP contribution < -0.4 is 4.90 Å². The van der Waals surface area contributed by atoms with Crippen molar-refractivity contribution in [2.24, 2.45) is 0 Å². The summed E-state index contributed by atoms with van der Waals surface area (Å²) >= 11 is 0. The second-order valence-electron chi connectivity index (χ2n) is 3.87. The van der Waals surface area contributed by atoms with Gasteiger partial charge in [0, 0.05) is 12.7 Å².